The Labute approximate surface area is 163 Å². The number of ether oxygens (including phenoxy) is 1. The molecule has 0 fully saturated rings. The van der Waals surface area contributed by atoms with Crippen LogP contribution in [0.3, 0.4) is 0 Å². The van der Waals surface area contributed by atoms with Crippen molar-refractivity contribution in [3.05, 3.63) is 59.7 Å². The smallest absolute Gasteiger partial charge is 0.250 e. The Balaban J connectivity index is 2.16. The van der Waals surface area contributed by atoms with Gasteiger partial charge in [-0.05, 0) is 47.8 Å². The highest BCUT2D eigenvalue weighted by Crippen LogP contribution is 2.40. The molecule has 0 radical (unpaired) electrons. The largest absolute Gasteiger partial charge is 0.541 e. The summed E-state index contributed by atoms with van der Waals surface area (Å²) in [5, 5.41) is 0.0976. The Morgan fingerprint density at radius 3 is 2.30 bits per heavy atom. The lowest BCUT2D eigenvalue weighted by molar-refractivity contribution is -0.113. The second-order valence-corrected chi connectivity index (χ2v) is 12.8. The maximum absolute atomic E-state index is 12.1. The fourth-order valence-corrected chi connectivity index (χ4v) is 3.25. The van der Waals surface area contributed by atoms with E-state index in [1.54, 1.807) is 7.11 Å². The van der Waals surface area contributed by atoms with Gasteiger partial charge in [-0.1, -0.05) is 57.0 Å². The molecule has 0 amide bonds. The van der Waals surface area contributed by atoms with E-state index < -0.39 is 8.32 Å². The summed E-state index contributed by atoms with van der Waals surface area (Å²) in [6, 6.07) is 15.2. The second-order valence-electron chi connectivity index (χ2n) is 8.06. The number of rotatable bonds is 5. The van der Waals surface area contributed by atoms with E-state index in [1.807, 2.05) is 48.5 Å². The summed E-state index contributed by atoms with van der Waals surface area (Å²) in [6.45, 7) is 11.0. The van der Waals surface area contributed by atoms with E-state index in [2.05, 4.69) is 45.7 Å². The predicted octanol–water partition coefficient (Wildman–Crippen LogP) is 5.24. The first kappa shape index (κ1) is 20.8. The van der Waals surface area contributed by atoms with Crippen LogP contribution in [-0.4, -0.2) is 21.2 Å². The number of hydrogen-bond acceptors (Lipinski definition) is 3. The molecule has 0 heterocycles. The molecule has 3 nitrogen and oxygen atoms in total. The molecular weight excluding hydrogens is 352 g/mol. The summed E-state index contributed by atoms with van der Waals surface area (Å²) in [5.41, 5.74) is 1.70. The average molecular weight is 381 g/mol. The number of hydrogen-bond donors (Lipinski definition) is 0. The van der Waals surface area contributed by atoms with Gasteiger partial charge in [0.2, 0.25) is 5.78 Å². The van der Waals surface area contributed by atoms with Crippen LogP contribution in [0, 0.1) is 11.8 Å². The number of carbonyl (C=O) groups excluding carboxylic acids is 1. The molecule has 2 rings (SSSR count). The fourth-order valence-electron chi connectivity index (χ4n) is 2.22. The van der Waals surface area contributed by atoms with Gasteiger partial charge in [-0.15, -0.1) is 0 Å². The first-order valence-electron chi connectivity index (χ1n) is 9.08. The Bertz CT molecular complexity index is 853. The minimum absolute atomic E-state index is 0.0976. The average Bonchev–Trinajstić information content (AvgIpc) is 2.60. The van der Waals surface area contributed by atoms with E-state index in [4.69, 9.17) is 9.16 Å². The third kappa shape index (κ3) is 5.73. The van der Waals surface area contributed by atoms with Crippen molar-refractivity contribution in [2.45, 2.75) is 45.3 Å². The standard InChI is InChI=1S/C23H28O3Si/c1-23(2,3)27(5,6)26-21-15-13-19(17-22(21)25-4)12-14-20(24)16-18-10-8-7-9-11-18/h7-11,13,15,17H,16H2,1-6H3. The number of carbonyl (C=O) groups is 1. The van der Waals surface area contributed by atoms with Gasteiger partial charge in [0.05, 0.1) is 7.11 Å². The van der Waals surface area contributed by atoms with Crippen LogP contribution in [0.2, 0.25) is 18.1 Å². The zero-order valence-corrected chi connectivity index (χ0v) is 18.1. The van der Waals surface area contributed by atoms with Gasteiger partial charge >= 0.3 is 0 Å². The van der Waals surface area contributed by atoms with Crippen LogP contribution in [-0.2, 0) is 11.2 Å². The van der Waals surface area contributed by atoms with Gasteiger partial charge in [0, 0.05) is 12.0 Å². The Morgan fingerprint density at radius 1 is 1.04 bits per heavy atom. The Hall–Kier alpha value is -2.51. The summed E-state index contributed by atoms with van der Waals surface area (Å²) in [5.74, 6) is 6.91. The van der Waals surface area contributed by atoms with Crippen molar-refractivity contribution < 1.29 is 14.0 Å². The molecule has 2 aromatic rings. The number of benzene rings is 2. The van der Waals surface area contributed by atoms with Crippen LogP contribution in [0.4, 0.5) is 0 Å². The molecule has 0 aliphatic rings. The molecule has 0 bridgehead atoms. The van der Waals surface area contributed by atoms with Crippen molar-refractivity contribution in [2.24, 2.45) is 0 Å². The molecule has 0 unspecified atom stereocenters. The molecule has 0 N–H and O–H groups in total. The molecule has 0 saturated carbocycles. The maximum atomic E-state index is 12.1. The quantitative estimate of drug-likeness (QED) is 0.525. The van der Waals surface area contributed by atoms with Gasteiger partial charge in [-0.25, -0.2) is 0 Å². The fraction of sp³-hybridized carbons (Fsp3) is 0.348. The zero-order valence-electron chi connectivity index (χ0n) is 17.1. The SMILES string of the molecule is COc1cc(C#CC(=O)Cc2ccccc2)ccc1O[Si](C)(C)C(C)(C)C. The minimum atomic E-state index is -1.96. The molecule has 142 valence electrons. The lowest BCUT2D eigenvalue weighted by Gasteiger charge is -2.36. The molecular formula is C23H28O3Si. The summed E-state index contributed by atoms with van der Waals surface area (Å²) in [7, 11) is -0.344. The van der Waals surface area contributed by atoms with E-state index >= 15 is 0 Å². The third-order valence-corrected chi connectivity index (χ3v) is 9.23. The topological polar surface area (TPSA) is 35.5 Å². The van der Waals surface area contributed by atoms with Crippen molar-refractivity contribution in [3.63, 3.8) is 0 Å². The van der Waals surface area contributed by atoms with E-state index in [-0.39, 0.29) is 10.8 Å². The monoisotopic (exact) mass is 380 g/mol. The molecule has 0 aliphatic carbocycles. The van der Waals surface area contributed by atoms with Crippen molar-refractivity contribution in [1.82, 2.24) is 0 Å². The normalized spacial score (nSPS) is 11.3. The maximum Gasteiger partial charge on any atom is 0.250 e. The van der Waals surface area contributed by atoms with Crippen LogP contribution >= 0.6 is 0 Å². The first-order chi connectivity index (χ1) is 12.6. The highest BCUT2D eigenvalue weighted by atomic mass is 28.4. The van der Waals surface area contributed by atoms with E-state index in [1.165, 1.54) is 0 Å². The molecule has 0 saturated heterocycles. The predicted molar refractivity (Wildman–Crippen MR) is 113 cm³/mol. The summed E-state index contributed by atoms with van der Waals surface area (Å²) in [4.78, 5) is 12.1. The van der Waals surface area contributed by atoms with Crippen molar-refractivity contribution >= 4 is 14.1 Å². The Morgan fingerprint density at radius 2 is 1.70 bits per heavy atom. The zero-order chi connectivity index (χ0) is 20.1. The lowest BCUT2D eigenvalue weighted by atomic mass is 10.1. The third-order valence-electron chi connectivity index (χ3n) is 4.89. The summed E-state index contributed by atoms with van der Waals surface area (Å²) in [6.07, 6.45) is 0.317. The van der Waals surface area contributed by atoms with E-state index in [0.29, 0.717) is 12.2 Å². The number of ketones is 1. The molecule has 0 aromatic heterocycles. The Kier molecular flexibility index (Phi) is 6.51. The van der Waals surface area contributed by atoms with Gasteiger partial charge in [0.25, 0.3) is 8.32 Å². The highest BCUT2D eigenvalue weighted by Gasteiger charge is 2.39. The molecule has 27 heavy (non-hydrogen) atoms. The van der Waals surface area contributed by atoms with Gasteiger partial charge in [0.15, 0.2) is 5.75 Å². The van der Waals surface area contributed by atoms with Gasteiger partial charge in [-0.2, -0.15) is 0 Å². The lowest BCUT2D eigenvalue weighted by Crippen LogP contribution is -2.43. The second kappa shape index (κ2) is 8.45. The van der Waals surface area contributed by atoms with E-state index in [0.717, 1.165) is 16.9 Å². The number of Topliss-reactive ketones (excluding diaryl/α,β-unsaturated/α-hetero) is 1. The molecule has 4 heteroatoms. The van der Waals surface area contributed by atoms with Crippen molar-refractivity contribution in [1.29, 1.82) is 0 Å². The number of methoxy groups -OCH3 is 1. The highest BCUT2D eigenvalue weighted by molar-refractivity contribution is 6.74. The van der Waals surface area contributed by atoms with Gasteiger partial charge < -0.3 is 9.16 Å². The van der Waals surface area contributed by atoms with E-state index in [9.17, 15) is 4.79 Å². The summed E-state index contributed by atoms with van der Waals surface area (Å²) < 4.78 is 11.8. The van der Waals surface area contributed by atoms with Crippen molar-refractivity contribution in [2.75, 3.05) is 7.11 Å². The van der Waals surface area contributed by atoms with Crippen molar-refractivity contribution in [3.8, 4) is 23.3 Å². The molecule has 0 aliphatic heterocycles. The summed E-state index contributed by atoms with van der Waals surface area (Å²) >= 11 is 0. The van der Waals surface area contributed by atoms with Crippen LogP contribution in [0.15, 0.2) is 48.5 Å². The first-order valence-corrected chi connectivity index (χ1v) is 12.0. The minimum Gasteiger partial charge on any atom is -0.541 e. The van der Waals surface area contributed by atoms with Crippen LogP contribution in [0.1, 0.15) is 31.9 Å². The molecule has 0 atom stereocenters. The van der Waals surface area contributed by atoms with Crippen LogP contribution in [0.25, 0.3) is 0 Å². The van der Waals surface area contributed by atoms with Crippen LogP contribution < -0.4 is 9.16 Å². The van der Waals surface area contributed by atoms with Gasteiger partial charge in [0.1, 0.15) is 5.75 Å². The van der Waals surface area contributed by atoms with Crippen LogP contribution in [0.5, 0.6) is 11.5 Å². The molecule has 0 spiro atoms. The van der Waals surface area contributed by atoms with Gasteiger partial charge in [-0.3, -0.25) is 4.79 Å². The molecule has 2 aromatic carbocycles.